The van der Waals surface area contributed by atoms with Gasteiger partial charge in [-0.05, 0) is 64.2 Å². The maximum atomic E-state index is 13.4. The first-order chi connectivity index (χ1) is 17.6. The number of likely N-dealkylation sites (tertiary alicyclic amines) is 1. The lowest BCUT2D eigenvalue weighted by atomic mass is 9.86. The molecule has 0 aromatic heterocycles. The Morgan fingerprint density at radius 3 is 2.18 bits per heavy atom. The fourth-order valence-corrected chi connectivity index (χ4v) is 4.70. The smallest absolute Gasteiger partial charge is 0.416 e. The Balaban J connectivity index is 1.73. The third-order valence-corrected chi connectivity index (χ3v) is 6.87. The van der Waals surface area contributed by atoms with Crippen molar-refractivity contribution in [2.24, 2.45) is 5.92 Å². The van der Waals surface area contributed by atoms with Crippen LogP contribution in [0.1, 0.15) is 57.6 Å². The Kier molecular flexibility index (Phi) is 8.91. The van der Waals surface area contributed by atoms with Crippen LogP contribution in [0.15, 0.2) is 24.3 Å². The molecule has 1 heterocycles. The van der Waals surface area contributed by atoms with Crippen molar-refractivity contribution in [3.8, 4) is 6.07 Å². The van der Waals surface area contributed by atoms with Crippen molar-refractivity contribution in [2.75, 3.05) is 19.6 Å². The fourth-order valence-electron chi connectivity index (χ4n) is 4.70. The monoisotopic (exact) mass is 544 g/mol. The van der Waals surface area contributed by atoms with Crippen LogP contribution < -0.4 is 5.32 Å². The van der Waals surface area contributed by atoms with Crippen molar-refractivity contribution in [3.05, 3.63) is 35.4 Å². The number of rotatable bonds is 7. The Hall–Kier alpha value is -2.94. The first-order valence-electron chi connectivity index (χ1n) is 12.5. The summed E-state index contributed by atoms with van der Waals surface area (Å²) in [6.45, 7) is 4.52. The quantitative estimate of drug-likeness (QED) is 0.491. The minimum atomic E-state index is -4.52. The van der Waals surface area contributed by atoms with E-state index in [1.165, 1.54) is 21.9 Å². The minimum absolute atomic E-state index is 0.121. The fraction of sp³-hybridized carbons (Fsp3) is 0.654. The van der Waals surface area contributed by atoms with Crippen LogP contribution in [0.2, 0.25) is 0 Å². The van der Waals surface area contributed by atoms with E-state index in [9.17, 15) is 36.8 Å². The van der Waals surface area contributed by atoms with Gasteiger partial charge in [0.1, 0.15) is 5.60 Å². The van der Waals surface area contributed by atoms with Crippen LogP contribution >= 0.6 is 0 Å². The molecular weight excluding hydrogens is 511 g/mol. The second-order valence-corrected chi connectivity index (χ2v) is 11.0. The van der Waals surface area contributed by atoms with Crippen molar-refractivity contribution < 1.29 is 36.3 Å². The van der Waals surface area contributed by atoms with Gasteiger partial charge in [-0.2, -0.15) is 18.4 Å². The number of halogens is 5. The number of hydrogen-bond donors (Lipinski definition) is 1. The Labute approximate surface area is 218 Å². The standard InChI is InChI=1S/C26H33F5N4O3/c1-24(2,3)38-23(37)34-15-25(14-32,16-34)35(13-17-4-8-19(9-5-17)26(29,30)31)21(36)12-33-20-10-6-18(7-11-20)22(27)28/h4-5,8-9,18,20,22,33H,6-7,10-13,15-16H2,1-3H3/t18-,20-. The van der Waals surface area contributed by atoms with Gasteiger partial charge >= 0.3 is 12.3 Å². The third kappa shape index (κ3) is 7.34. The number of amides is 2. The maximum absolute atomic E-state index is 13.4. The molecule has 0 unspecified atom stereocenters. The van der Waals surface area contributed by atoms with Crippen molar-refractivity contribution in [2.45, 2.75) is 82.8 Å². The second kappa shape index (κ2) is 11.4. The summed E-state index contributed by atoms with van der Waals surface area (Å²) in [6.07, 6.45) is -5.89. The summed E-state index contributed by atoms with van der Waals surface area (Å²) in [5, 5.41) is 13.1. The SMILES string of the molecule is CC(C)(C)OC(=O)N1CC(C#N)(N(Cc2ccc(C(F)(F)F)cc2)C(=O)CN[C@H]2CC[C@H](C(F)F)CC2)C1. The van der Waals surface area contributed by atoms with E-state index in [0.717, 1.165) is 12.1 Å². The summed E-state index contributed by atoms with van der Waals surface area (Å²) < 4.78 is 70.2. The lowest BCUT2D eigenvalue weighted by Crippen LogP contribution is -2.72. The molecule has 2 fully saturated rings. The number of nitriles is 1. The molecule has 1 N–H and O–H groups in total. The van der Waals surface area contributed by atoms with Gasteiger partial charge in [0.2, 0.25) is 12.3 Å². The number of nitrogens with zero attached hydrogens (tertiary/aromatic N) is 3. The molecule has 2 aliphatic rings. The van der Waals surface area contributed by atoms with E-state index in [4.69, 9.17) is 4.74 Å². The van der Waals surface area contributed by atoms with Crippen LogP contribution in [-0.2, 0) is 22.3 Å². The number of hydrogen-bond acceptors (Lipinski definition) is 5. The van der Waals surface area contributed by atoms with Gasteiger partial charge in [-0.1, -0.05) is 12.1 Å². The zero-order valence-corrected chi connectivity index (χ0v) is 21.7. The molecular formula is C26H33F5N4O3. The van der Waals surface area contributed by atoms with Gasteiger partial charge in [0.15, 0.2) is 5.54 Å². The predicted octanol–water partition coefficient (Wildman–Crippen LogP) is 4.96. The third-order valence-electron chi connectivity index (χ3n) is 6.87. The summed E-state index contributed by atoms with van der Waals surface area (Å²) in [7, 11) is 0. The molecule has 1 saturated carbocycles. The van der Waals surface area contributed by atoms with Crippen LogP contribution in [-0.4, -0.2) is 65.0 Å². The Morgan fingerprint density at radius 1 is 1.13 bits per heavy atom. The van der Waals surface area contributed by atoms with Gasteiger partial charge in [-0.25, -0.2) is 13.6 Å². The van der Waals surface area contributed by atoms with E-state index >= 15 is 0 Å². The second-order valence-electron chi connectivity index (χ2n) is 11.0. The average Bonchev–Trinajstić information content (AvgIpc) is 2.80. The Bertz CT molecular complexity index is 1020. The van der Waals surface area contributed by atoms with E-state index in [1.807, 2.05) is 0 Å². The zero-order valence-electron chi connectivity index (χ0n) is 21.7. The molecule has 12 heteroatoms. The van der Waals surface area contributed by atoms with Crippen LogP contribution in [0.4, 0.5) is 26.7 Å². The lowest BCUT2D eigenvalue weighted by molar-refractivity contribution is -0.142. The molecule has 38 heavy (non-hydrogen) atoms. The van der Waals surface area contributed by atoms with Crippen LogP contribution in [0.25, 0.3) is 0 Å². The maximum Gasteiger partial charge on any atom is 0.416 e. The molecule has 0 bridgehead atoms. The highest BCUT2D eigenvalue weighted by Crippen LogP contribution is 2.33. The van der Waals surface area contributed by atoms with Gasteiger partial charge < -0.3 is 19.9 Å². The molecule has 2 amide bonds. The molecule has 1 aliphatic carbocycles. The van der Waals surface area contributed by atoms with Gasteiger partial charge in [0.05, 0.1) is 31.3 Å². The lowest BCUT2D eigenvalue weighted by Gasteiger charge is -2.51. The molecule has 1 aromatic carbocycles. The molecule has 0 radical (unpaired) electrons. The van der Waals surface area contributed by atoms with Crippen molar-refractivity contribution in [3.63, 3.8) is 0 Å². The summed E-state index contributed by atoms with van der Waals surface area (Å²) in [4.78, 5) is 28.4. The number of benzene rings is 1. The predicted molar refractivity (Wildman–Crippen MR) is 128 cm³/mol. The van der Waals surface area contributed by atoms with Crippen molar-refractivity contribution in [1.29, 1.82) is 5.26 Å². The molecule has 1 aromatic rings. The van der Waals surface area contributed by atoms with Gasteiger partial charge in [0.25, 0.3) is 0 Å². The number of alkyl halides is 5. The van der Waals surface area contributed by atoms with Gasteiger partial charge in [-0.3, -0.25) is 4.79 Å². The first kappa shape index (κ1) is 29.6. The summed E-state index contributed by atoms with van der Waals surface area (Å²) in [5.41, 5.74) is -2.61. The summed E-state index contributed by atoms with van der Waals surface area (Å²) in [5.74, 6) is -1.14. The molecule has 0 spiro atoms. The average molecular weight is 545 g/mol. The number of carbonyl (C=O) groups excluding carboxylic acids is 2. The van der Waals surface area contributed by atoms with Crippen molar-refractivity contribution in [1.82, 2.24) is 15.1 Å². The summed E-state index contributed by atoms with van der Waals surface area (Å²) in [6, 6.07) is 6.29. The molecule has 3 rings (SSSR count). The topological polar surface area (TPSA) is 85.7 Å². The highest BCUT2D eigenvalue weighted by molar-refractivity contribution is 5.81. The van der Waals surface area contributed by atoms with E-state index < -0.39 is 47.2 Å². The van der Waals surface area contributed by atoms with Crippen LogP contribution in [0.3, 0.4) is 0 Å². The van der Waals surface area contributed by atoms with E-state index in [1.54, 1.807) is 20.8 Å². The summed E-state index contributed by atoms with van der Waals surface area (Å²) >= 11 is 0. The highest BCUT2D eigenvalue weighted by Gasteiger charge is 2.53. The van der Waals surface area contributed by atoms with Crippen LogP contribution in [0, 0.1) is 17.2 Å². The highest BCUT2D eigenvalue weighted by atomic mass is 19.4. The van der Waals surface area contributed by atoms with E-state index in [0.29, 0.717) is 31.2 Å². The van der Waals surface area contributed by atoms with Crippen LogP contribution in [0.5, 0.6) is 0 Å². The van der Waals surface area contributed by atoms with Gasteiger partial charge in [-0.15, -0.1) is 0 Å². The molecule has 1 aliphatic heterocycles. The molecule has 210 valence electrons. The van der Waals surface area contributed by atoms with E-state index in [2.05, 4.69) is 11.4 Å². The largest absolute Gasteiger partial charge is 0.444 e. The zero-order chi connectivity index (χ0) is 28.3. The number of nitrogens with one attached hydrogen (secondary N) is 1. The number of ether oxygens (including phenoxy) is 1. The minimum Gasteiger partial charge on any atom is -0.444 e. The van der Waals surface area contributed by atoms with Crippen molar-refractivity contribution >= 4 is 12.0 Å². The Morgan fingerprint density at radius 2 is 1.71 bits per heavy atom. The molecule has 7 nitrogen and oxygen atoms in total. The molecule has 0 atom stereocenters. The first-order valence-corrected chi connectivity index (χ1v) is 12.5. The van der Waals surface area contributed by atoms with E-state index in [-0.39, 0.29) is 32.2 Å². The molecule has 1 saturated heterocycles. The normalized spacial score (nSPS) is 21.4. The van der Waals surface area contributed by atoms with Gasteiger partial charge in [0, 0.05) is 18.5 Å². The number of carbonyl (C=O) groups is 2.